The Labute approximate surface area is 126 Å². The number of aromatic nitrogens is 2. The van der Waals surface area contributed by atoms with Crippen molar-refractivity contribution in [2.75, 3.05) is 13.1 Å². The van der Waals surface area contributed by atoms with Gasteiger partial charge in [0.25, 0.3) is 10.0 Å². The molecule has 0 N–H and O–H groups in total. The lowest BCUT2D eigenvalue weighted by Crippen LogP contribution is -2.38. The van der Waals surface area contributed by atoms with Gasteiger partial charge >= 0.3 is 0 Å². The molecular weight excluding hydrogens is 318 g/mol. The van der Waals surface area contributed by atoms with E-state index in [-0.39, 0.29) is 6.04 Å². The summed E-state index contributed by atoms with van der Waals surface area (Å²) in [4.78, 5) is 0. The molecule has 0 spiro atoms. The van der Waals surface area contributed by atoms with E-state index in [1.54, 1.807) is 18.3 Å². The molecule has 20 heavy (non-hydrogen) atoms. The van der Waals surface area contributed by atoms with Gasteiger partial charge in [0, 0.05) is 25.5 Å². The van der Waals surface area contributed by atoms with Crippen molar-refractivity contribution in [3.63, 3.8) is 0 Å². The van der Waals surface area contributed by atoms with E-state index in [0.29, 0.717) is 21.6 Å². The van der Waals surface area contributed by atoms with Gasteiger partial charge in [0.05, 0.1) is 10.4 Å². The van der Waals surface area contributed by atoms with Crippen molar-refractivity contribution in [1.82, 2.24) is 14.1 Å². The maximum Gasteiger partial charge on any atom is 0.252 e. The molecule has 0 saturated carbocycles. The van der Waals surface area contributed by atoms with E-state index in [1.165, 1.54) is 4.31 Å². The summed E-state index contributed by atoms with van der Waals surface area (Å²) in [5.74, 6) is 0. The second-order valence-electron chi connectivity index (χ2n) is 4.68. The maximum absolute atomic E-state index is 12.4. The summed E-state index contributed by atoms with van der Waals surface area (Å²) in [6.07, 6.45) is 5.23. The fourth-order valence-electron chi connectivity index (χ4n) is 2.41. The summed E-state index contributed by atoms with van der Waals surface area (Å²) >= 11 is 6.93. The molecule has 3 rings (SSSR count). The van der Waals surface area contributed by atoms with Crippen molar-refractivity contribution in [1.29, 1.82) is 0 Å². The van der Waals surface area contributed by atoms with Crippen LogP contribution in [-0.4, -0.2) is 35.6 Å². The zero-order valence-electron chi connectivity index (χ0n) is 10.6. The molecule has 8 heteroatoms. The minimum Gasteiger partial charge on any atom is -0.270 e. The van der Waals surface area contributed by atoms with Crippen molar-refractivity contribution >= 4 is 33.0 Å². The molecule has 0 aromatic carbocycles. The molecule has 108 valence electrons. The van der Waals surface area contributed by atoms with Crippen LogP contribution in [0.15, 0.2) is 34.8 Å². The smallest absolute Gasteiger partial charge is 0.252 e. The summed E-state index contributed by atoms with van der Waals surface area (Å²) in [5.41, 5.74) is 0. The lowest BCUT2D eigenvalue weighted by Gasteiger charge is -2.30. The molecule has 0 bridgehead atoms. The van der Waals surface area contributed by atoms with Crippen molar-refractivity contribution in [2.45, 2.75) is 23.1 Å². The molecule has 0 aliphatic carbocycles. The van der Waals surface area contributed by atoms with E-state index in [4.69, 9.17) is 11.6 Å². The van der Waals surface area contributed by atoms with Crippen molar-refractivity contribution in [3.05, 3.63) is 34.9 Å². The number of piperidine rings is 1. The number of nitrogens with zero attached hydrogens (tertiary/aromatic N) is 3. The summed E-state index contributed by atoms with van der Waals surface area (Å²) in [6, 6.07) is 5.36. The summed E-state index contributed by atoms with van der Waals surface area (Å²) in [5, 5.41) is 4.22. The van der Waals surface area contributed by atoms with Crippen LogP contribution in [0.5, 0.6) is 0 Å². The van der Waals surface area contributed by atoms with E-state index in [9.17, 15) is 8.42 Å². The Kier molecular flexibility index (Phi) is 3.85. The molecule has 0 unspecified atom stereocenters. The second-order valence-corrected chi connectivity index (χ2v) is 8.56. The van der Waals surface area contributed by atoms with Gasteiger partial charge in [-0.1, -0.05) is 11.6 Å². The minimum absolute atomic E-state index is 0.281. The molecule has 2 aromatic heterocycles. The fraction of sp³-hybridized carbons (Fsp3) is 0.417. The van der Waals surface area contributed by atoms with Crippen LogP contribution < -0.4 is 0 Å². The van der Waals surface area contributed by atoms with E-state index in [1.807, 2.05) is 16.9 Å². The van der Waals surface area contributed by atoms with Crippen molar-refractivity contribution < 1.29 is 8.42 Å². The van der Waals surface area contributed by atoms with Gasteiger partial charge in [-0.15, -0.1) is 11.3 Å². The Morgan fingerprint density at radius 2 is 2.05 bits per heavy atom. The second kappa shape index (κ2) is 5.48. The number of hydrogen-bond acceptors (Lipinski definition) is 4. The average Bonchev–Trinajstić information content (AvgIpc) is 3.10. The normalized spacial score (nSPS) is 18.4. The third-order valence-electron chi connectivity index (χ3n) is 3.47. The van der Waals surface area contributed by atoms with Crippen LogP contribution >= 0.6 is 22.9 Å². The summed E-state index contributed by atoms with van der Waals surface area (Å²) < 4.78 is 29.2. The first-order valence-electron chi connectivity index (χ1n) is 6.32. The zero-order valence-corrected chi connectivity index (χ0v) is 13.0. The lowest BCUT2D eigenvalue weighted by molar-refractivity contribution is 0.261. The van der Waals surface area contributed by atoms with E-state index in [0.717, 1.165) is 24.2 Å². The van der Waals surface area contributed by atoms with Gasteiger partial charge < -0.3 is 0 Å². The largest absolute Gasteiger partial charge is 0.270 e. The van der Waals surface area contributed by atoms with Crippen molar-refractivity contribution in [2.24, 2.45) is 0 Å². The van der Waals surface area contributed by atoms with Crippen LogP contribution in [0.2, 0.25) is 4.34 Å². The quantitative estimate of drug-likeness (QED) is 0.868. The third kappa shape index (κ3) is 2.63. The maximum atomic E-state index is 12.4. The standard InChI is InChI=1S/C12H14ClN3O2S2/c13-11-2-3-12(19-11)20(17,18)15-8-4-10(5-9-15)16-7-1-6-14-16/h1-3,6-7,10H,4-5,8-9H2. The molecule has 0 atom stereocenters. The summed E-state index contributed by atoms with van der Waals surface area (Å²) in [6.45, 7) is 1.03. The van der Waals surface area contributed by atoms with Gasteiger partial charge in [0.2, 0.25) is 0 Å². The van der Waals surface area contributed by atoms with E-state index in [2.05, 4.69) is 5.10 Å². The molecule has 1 aliphatic heterocycles. The number of thiophene rings is 1. The molecule has 1 fully saturated rings. The first kappa shape index (κ1) is 14.1. The number of halogens is 1. The molecule has 3 heterocycles. The van der Waals surface area contributed by atoms with Crippen LogP contribution in [0, 0.1) is 0 Å². The highest BCUT2D eigenvalue weighted by atomic mass is 35.5. The topological polar surface area (TPSA) is 55.2 Å². The predicted octanol–water partition coefficient (Wildman–Crippen LogP) is 2.62. The van der Waals surface area contributed by atoms with E-state index >= 15 is 0 Å². The number of rotatable bonds is 3. The Bertz CT molecular complexity index is 673. The predicted molar refractivity (Wildman–Crippen MR) is 78.6 cm³/mol. The lowest BCUT2D eigenvalue weighted by atomic mass is 10.1. The van der Waals surface area contributed by atoms with Crippen LogP contribution in [-0.2, 0) is 10.0 Å². The first-order valence-corrected chi connectivity index (χ1v) is 8.95. The first-order chi connectivity index (χ1) is 9.57. The minimum atomic E-state index is -3.40. The van der Waals surface area contributed by atoms with Gasteiger partial charge in [-0.3, -0.25) is 4.68 Å². The molecule has 1 saturated heterocycles. The Balaban J connectivity index is 1.72. The Morgan fingerprint density at radius 3 is 2.60 bits per heavy atom. The third-order valence-corrected chi connectivity index (χ3v) is 7.06. The average molecular weight is 332 g/mol. The highest BCUT2D eigenvalue weighted by Gasteiger charge is 2.31. The van der Waals surface area contributed by atoms with Crippen LogP contribution in [0.1, 0.15) is 18.9 Å². The van der Waals surface area contributed by atoms with Gasteiger partial charge in [-0.05, 0) is 31.0 Å². The number of sulfonamides is 1. The van der Waals surface area contributed by atoms with Crippen molar-refractivity contribution in [3.8, 4) is 0 Å². The molecular formula is C12H14ClN3O2S2. The zero-order chi connectivity index (χ0) is 14.2. The van der Waals surface area contributed by atoms with Gasteiger partial charge in [-0.2, -0.15) is 9.40 Å². The van der Waals surface area contributed by atoms with Crippen LogP contribution in [0.4, 0.5) is 0 Å². The highest BCUT2D eigenvalue weighted by molar-refractivity contribution is 7.91. The molecule has 1 aliphatic rings. The van der Waals surface area contributed by atoms with Gasteiger partial charge in [0.15, 0.2) is 0 Å². The van der Waals surface area contributed by atoms with Gasteiger partial charge in [0.1, 0.15) is 4.21 Å². The number of hydrogen-bond donors (Lipinski definition) is 0. The molecule has 5 nitrogen and oxygen atoms in total. The monoisotopic (exact) mass is 331 g/mol. The van der Waals surface area contributed by atoms with Gasteiger partial charge in [-0.25, -0.2) is 8.42 Å². The van der Waals surface area contributed by atoms with Crippen LogP contribution in [0.3, 0.4) is 0 Å². The SMILES string of the molecule is O=S(=O)(c1ccc(Cl)s1)N1CCC(n2cccn2)CC1. The summed E-state index contributed by atoms with van der Waals surface area (Å²) in [7, 11) is -3.40. The Morgan fingerprint density at radius 1 is 1.30 bits per heavy atom. The Hall–Kier alpha value is -0.890. The molecule has 0 radical (unpaired) electrons. The molecule has 0 amide bonds. The van der Waals surface area contributed by atoms with E-state index < -0.39 is 10.0 Å². The fourth-order valence-corrected chi connectivity index (χ4v) is 5.51. The van der Waals surface area contributed by atoms with Crippen LogP contribution in [0.25, 0.3) is 0 Å². The molecule has 2 aromatic rings. The highest BCUT2D eigenvalue weighted by Crippen LogP contribution is 2.31.